The van der Waals surface area contributed by atoms with Gasteiger partial charge in [0.15, 0.2) is 0 Å². The molecule has 0 spiro atoms. The Morgan fingerprint density at radius 2 is 1.96 bits per heavy atom. The van der Waals surface area contributed by atoms with Crippen LogP contribution in [0.4, 0.5) is 5.69 Å². The molecule has 0 aliphatic heterocycles. The first-order chi connectivity index (χ1) is 11.9. The Bertz CT molecular complexity index is 997. The van der Waals surface area contributed by atoms with Crippen LogP contribution in [-0.4, -0.2) is 25.8 Å². The van der Waals surface area contributed by atoms with E-state index < -0.39 is 10.9 Å². The van der Waals surface area contributed by atoms with Crippen molar-refractivity contribution < 1.29 is 14.8 Å². The first-order valence-corrected chi connectivity index (χ1v) is 7.60. The second-order valence-electron chi connectivity index (χ2n) is 5.28. The molecule has 0 unspecified atom stereocenters. The number of hydrogen-bond donors (Lipinski definition) is 1. The highest BCUT2D eigenvalue weighted by molar-refractivity contribution is 6.30. The molecule has 0 bridgehead atoms. The lowest BCUT2D eigenvalue weighted by Crippen LogP contribution is -2.05. The number of nitro benzene ring substituents is 1. The van der Waals surface area contributed by atoms with Gasteiger partial charge in [-0.15, -0.1) is 0 Å². The van der Waals surface area contributed by atoms with Crippen LogP contribution in [0.1, 0.15) is 16.1 Å². The quantitative estimate of drug-likeness (QED) is 0.559. The molecule has 0 amide bonds. The van der Waals surface area contributed by atoms with E-state index in [0.717, 1.165) is 0 Å². The van der Waals surface area contributed by atoms with Crippen molar-refractivity contribution in [3.8, 4) is 16.9 Å². The van der Waals surface area contributed by atoms with Gasteiger partial charge in [0, 0.05) is 11.1 Å². The molecule has 1 N–H and O–H groups in total. The number of nitro groups is 1. The zero-order valence-electron chi connectivity index (χ0n) is 13.0. The van der Waals surface area contributed by atoms with E-state index in [0.29, 0.717) is 10.7 Å². The van der Waals surface area contributed by atoms with Crippen LogP contribution in [0, 0.1) is 17.0 Å². The van der Waals surface area contributed by atoms with Crippen LogP contribution in [0.25, 0.3) is 16.9 Å². The standard InChI is InChI=1S/C17H12ClN3O4/c1-10-15(17(22)23)16(13-7-2-3-8-14(13)21(24)25)20(19-10)12-6-4-5-11(18)9-12/h2-9H,1H3,(H,22,23). The summed E-state index contributed by atoms with van der Waals surface area (Å²) in [5.74, 6) is -1.21. The Kier molecular flexibility index (Phi) is 4.24. The van der Waals surface area contributed by atoms with Crippen LogP contribution >= 0.6 is 11.6 Å². The minimum atomic E-state index is -1.21. The fraction of sp³-hybridized carbons (Fsp3) is 0.0588. The van der Waals surface area contributed by atoms with Gasteiger partial charge < -0.3 is 5.11 Å². The molecular formula is C17H12ClN3O4. The first kappa shape index (κ1) is 16.7. The van der Waals surface area contributed by atoms with Gasteiger partial charge in [-0.25, -0.2) is 9.48 Å². The molecule has 1 heterocycles. The number of carboxylic acids is 1. The molecule has 0 radical (unpaired) electrons. The van der Waals surface area contributed by atoms with Crippen molar-refractivity contribution >= 4 is 23.3 Å². The number of hydrogen-bond acceptors (Lipinski definition) is 4. The summed E-state index contributed by atoms with van der Waals surface area (Å²) in [7, 11) is 0. The van der Waals surface area contributed by atoms with E-state index in [1.54, 1.807) is 37.3 Å². The van der Waals surface area contributed by atoms with Crippen molar-refractivity contribution in [1.82, 2.24) is 9.78 Å². The topological polar surface area (TPSA) is 98.3 Å². The number of para-hydroxylation sites is 1. The highest BCUT2D eigenvalue weighted by atomic mass is 35.5. The number of nitrogens with zero attached hydrogens (tertiary/aromatic N) is 3. The molecule has 7 nitrogen and oxygen atoms in total. The summed E-state index contributed by atoms with van der Waals surface area (Å²) in [6, 6.07) is 12.6. The fourth-order valence-corrected chi connectivity index (χ4v) is 2.84. The third-order valence-electron chi connectivity index (χ3n) is 3.68. The zero-order chi connectivity index (χ0) is 18.1. The average Bonchev–Trinajstić information content (AvgIpc) is 2.92. The molecule has 0 saturated carbocycles. The van der Waals surface area contributed by atoms with Gasteiger partial charge in [0.05, 0.1) is 27.6 Å². The van der Waals surface area contributed by atoms with Crippen LogP contribution in [-0.2, 0) is 0 Å². The molecule has 0 aliphatic rings. The monoisotopic (exact) mass is 357 g/mol. The average molecular weight is 358 g/mol. The van der Waals surface area contributed by atoms with Gasteiger partial charge in [-0.3, -0.25) is 10.1 Å². The molecule has 3 rings (SSSR count). The largest absolute Gasteiger partial charge is 0.478 e. The fourth-order valence-electron chi connectivity index (χ4n) is 2.66. The second kappa shape index (κ2) is 6.37. The van der Waals surface area contributed by atoms with Gasteiger partial charge in [0.25, 0.3) is 5.69 Å². The van der Waals surface area contributed by atoms with E-state index >= 15 is 0 Å². The van der Waals surface area contributed by atoms with Crippen LogP contribution < -0.4 is 0 Å². The molecule has 126 valence electrons. The first-order valence-electron chi connectivity index (χ1n) is 7.23. The molecular weight excluding hydrogens is 346 g/mol. The number of aromatic carboxylic acids is 1. The van der Waals surface area contributed by atoms with E-state index in [9.17, 15) is 20.0 Å². The van der Waals surface area contributed by atoms with Gasteiger partial charge in [-0.1, -0.05) is 29.8 Å². The Hall–Kier alpha value is -3.19. The summed E-state index contributed by atoms with van der Waals surface area (Å²) in [4.78, 5) is 22.6. The van der Waals surface area contributed by atoms with Crippen molar-refractivity contribution in [2.45, 2.75) is 6.92 Å². The predicted molar refractivity (Wildman–Crippen MR) is 92.4 cm³/mol. The number of rotatable bonds is 4. The molecule has 0 aliphatic carbocycles. The summed E-state index contributed by atoms with van der Waals surface area (Å²) in [6.45, 7) is 1.54. The lowest BCUT2D eigenvalue weighted by atomic mass is 10.0. The normalized spacial score (nSPS) is 10.6. The van der Waals surface area contributed by atoms with Crippen LogP contribution in [0.15, 0.2) is 48.5 Å². The molecule has 25 heavy (non-hydrogen) atoms. The van der Waals surface area contributed by atoms with Gasteiger partial charge in [0.1, 0.15) is 5.56 Å². The summed E-state index contributed by atoms with van der Waals surface area (Å²) in [5, 5.41) is 25.7. The predicted octanol–water partition coefficient (Wildman–Crippen LogP) is 4.11. The zero-order valence-corrected chi connectivity index (χ0v) is 13.8. The van der Waals surface area contributed by atoms with Gasteiger partial charge in [-0.2, -0.15) is 5.10 Å². The third-order valence-corrected chi connectivity index (χ3v) is 3.92. The maximum absolute atomic E-state index is 11.8. The maximum atomic E-state index is 11.8. The number of aromatic nitrogens is 2. The van der Waals surface area contributed by atoms with E-state index in [1.165, 1.54) is 22.9 Å². The van der Waals surface area contributed by atoms with Crippen molar-refractivity contribution in [3.05, 3.63) is 74.9 Å². The minimum Gasteiger partial charge on any atom is -0.478 e. The molecule has 0 atom stereocenters. The minimum absolute atomic E-state index is 0.0886. The second-order valence-corrected chi connectivity index (χ2v) is 5.72. The summed E-state index contributed by atoms with van der Waals surface area (Å²) in [6.07, 6.45) is 0. The van der Waals surface area contributed by atoms with Crippen molar-refractivity contribution in [2.75, 3.05) is 0 Å². The summed E-state index contributed by atoms with van der Waals surface area (Å²) < 4.78 is 1.37. The van der Waals surface area contributed by atoms with E-state index in [2.05, 4.69) is 5.10 Å². The highest BCUT2D eigenvalue weighted by Crippen LogP contribution is 2.35. The van der Waals surface area contributed by atoms with E-state index in [4.69, 9.17) is 11.6 Å². The Morgan fingerprint density at radius 3 is 2.60 bits per heavy atom. The molecule has 8 heteroatoms. The van der Waals surface area contributed by atoms with Gasteiger partial charge in [-0.05, 0) is 31.2 Å². The van der Waals surface area contributed by atoms with Crippen LogP contribution in [0.3, 0.4) is 0 Å². The van der Waals surface area contributed by atoms with Gasteiger partial charge in [0.2, 0.25) is 0 Å². The lowest BCUT2D eigenvalue weighted by molar-refractivity contribution is -0.384. The Balaban J connectivity index is 2.39. The van der Waals surface area contributed by atoms with Crippen molar-refractivity contribution in [3.63, 3.8) is 0 Å². The number of carboxylic acid groups (broad SMARTS) is 1. The lowest BCUT2D eigenvalue weighted by Gasteiger charge is -2.09. The number of carbonyl (C=O) groups is 1. The number of aryl methyl sites for hydroxylation is 1. The van der Waals surface area contributed by atoms with Crippen LogP contribution in [0.2, 0.25) is 5.02 Å². The number of halogens is 1. The molecule has 1 aromatic heterocycles. The Labute approximate surface area is 147 Å². The molecule has 2 aromatic carbocycles. The number of benzene rings is 2. The van der Waals surface area contributed by atoms with Gasteiger partial charge >= 0.3 is 5.97 Å². The maximum Gasteiger partial charge on any atom is 0.339 e. The molecule has 0 fully saturated rings. The van der Waals surface area contributed by atoms with Crippen LogP contribution in [0.5, 0.6) is 0 Å². The summed E-state index contributed by atoms with van der Waals surface area (Å²) in [5.41, 5.74) is 0.782. The summed E-state index contributed by atoms with van der Waals surface area (Å²) >= 11 is 6.02. The third kappa shape index (κ3) is 2.97. The van der Waals surface area contributed by atoms with E-state index in [1.807, 2.05) is 0 Å². The smallest absolute Gasteiger partial charge is 0.339 e. The van der Waals surface area contributed by atoms with Crippen molar-refractivity contribution in [1.29, 1.82) is 0 Å². The molecule has 3 aromatic rings. The Morgan fingerprint density at radius 1 is 1.24 bits per heavy atom. The van der Waals surface area contributed by atoms with Crippen molar-refractivity contribution in [2.24, 2.45) is 0 Å². The highest BCUT2D eigenvalue weighted by Gasteiger charge is 2.28. The molecule has 0 saturated heterocycles. The SMILES string of the molecule is Cc1nn(-c2cccc(Cl)c2)c(-c2ccccc2[N+](=O)[O-])c1C(=O)O. The van der Waals surface area contributed by atoms with E-state index in [-0.39, 0.29) is 28.2 Å².